The Labute approximate surface area is 103 Å². The van der Waals surface area contributed by atoms with Crippen LogP contribution in [0.5, 0.6) is 5.75 Å². The van der Waals surface area contributed by atoms with E-state index in [1.807, 2.05) is 39.0 Å². The molecule has 0 bridgehead atoms. The second kappa shape index (κ2) is 5.71. The lowest BCUT2D eigenvalue weighted by molar-refractivity contribution is 0.0907. The lowest BCUT2D eigenvalue weighted by Gasteiger charge is -2.25. The Morgan fingerprint density at radius 1 is 1.29 bits per heavy atom. The zero-order chi connectivity index (χ0) is 12.9. The Kier molecular flexibility index (Phi) is 4.55. The first-order valence-electron chi connectivity index (χ1n) is 6.04. The Morgan fingerprint density at radius 3 is 2.53 bits per heavy atom. The standard InChI is InChI=1S/C14H21NO2/c1-5-14(3,4)15-13(16)11-9-7-8-10-12(11)17-6-2/h7-10H,5-6H2,1-4H3,(H,15,16). The molecule has 0 aliphatic rings. The summed E-state index contributed by atoms with van der Waals surface area (Å²) in [6.07, 6.45) is 0.884. The highest BCUT2D eigenvalue weighted by Crippen LogP contribution is 2.19. The van der Waals surface area contributed by atoms with Crippen molar-refractivity contribution in [3.05, 3.63) is 29.8 Å². The second-order valence-corrected chi connectivity index (χ2v) is 4.62. The lowest BCUT2D eigenvalue weighted by Crippen LogP contribution is -2.42. The molecule has 1 rings (SSSR count). The van der Waals surface area contributed by atoms with Crippen molar-refractivity contribution in [1.29, 1.82) is 0 Å². The summed E-state index contributed by atoms with van der Waals surface area (Å²) in [5.41, 5.74) is 0.395. The smallest absolute Gasteiger partial charge is 0.255 e. The molecule has 0 radical (unpaired) electrons. The highest BCUT2D eigenvalue weighted by Gasteiger charge is 2.20. The Hall–Kier alpha value is -1.51. The van der Waals surface area contributed by atoms with Crippen LogP contribution in [0.1, 0.15) is 44.5 Å². The Balaban J connectivity index is 2.88. The summed E-state index contributed by atoms with van der Waals surface area (Å²) in [4.78, 5) is 12.1. The maximum absolute atomic E-state index is 12.1. The molecule has 0 saturated carbocycles. The minimum atomic E-state index is -0.198. The van der Waals surface area contributed by atoms with Gasteiger partial charge in [0.1, 0.15) is 5.75 Å². The number of nitrogens with one attached hydrogen (secondary N) is 1. The number of ether oxygens (including phenoxy) is 1. The molecule has 0 heterocycles. The number of benzene rings is 1. The predicted octanol–water partition coefficient (Wildman–Crippen LogP) is 3.00. The number of carbonyl (C=O) groups is 1. The van der Waals surface area contributed by atoms with E-state index in [0.29, 0.717) is 17.9 Å². The number of rotatable bonds is 5. The van der Waals surface area contributed by atoms with Crippen LogP contribution in [0.25, 0.3) is 0 Å². The van der Waals surface area contributed by atoms with E-state index in [-0.39, 0.29) is 11.4 Å². The van der Waals surface area contributed by atoms with Gasteiger partial charge in [0.25, 0.3) is 5.91 Å². The Bertz CT molecular complexity index is 386. The van der Waals surface area contributed by atoms with Gasteiger partial charge in [-0.1, -0.05) is 19.1 Å². The molecule has 3 nitrogen and oxygen atoms in total. The molecule has 1 aromatic rings. The largest absolute Gasteiger partial charge is 0.493 e. The molecule has 0 aromatic heterocycles. The molecule has 0 atom stereocenters. The van der Waals surface area contributed by atoms with Crippen LogP contribution in [0, 0.1) is 0 Å². The maximum atomic E-state index is 12.1. The van der Waals surface area contributed by atoms with Gasteiger partial charge in [-0.05, 0) is 39.3 Å². The van der Waals surface area contributed by atoms with Gasteiger partial charge < -0.3 is 10.1 Å². The van der Waals surface area contributed by atoms with Gasteiger partial charge in [-0.2, -0.15) is 0 Å². The first kappa shape index (κ1) is 13.6. The van der Waals surface area contributed by atoms with Gasteiger partial charge in [-0.3, -0.25) is 4.79 Å². The van der Waals surface area contributed by atoms with Gasteiger partial charge in [-0.25, -0.2) is 0 Å². The Morgan fingerprint density at radius 2 is 1.94 bits per heavy atom. The normalized spacial score (nSPS) is 11.1. The second-order valence-electron chi connectivity index (χ2n) is 4.62. The molecule has 0 unspecified atom stereocenters. The van der Waals surface area contributed by atoms with Crippen LogP contribution in [0.3, 0.4) is 0 Å². The first-order valence-corrected chi connectivity index (χ1v) is 6.04. The van der Waals surface area contributed by atoms with E-state index in [0.717, 1.165) is 6.42 Å². The number of hydrogen-bond donors (Lipinski definition) is 1. The van der Waals surface area contributed by atoms with E-state index < -0.39 is 0 Å². The predicted molar refractivity (Wildman–Crippen MR) is 69.4 cm³/mol. The van der Waals surface area contributed by atoms with Crippen molar-refractivity contribution in [3.63, 3.8) is 0 Å². The van der Waals surface area contributed by atoms with Crippen LogP contribution < -0.4 is 10.1 Å². The minimum Gasteiger partial charge on any atom is -0.493 e. The monoisotopic (exact) mass is 235 g/mol. The van der Waals surface area contributed by atoms with Crippen LogP contribution in [0.15, 0.2) is 24.3 Å². The zero-order valence-corrected chi connectivity index (χ0v) is 11.0. The summed E-state index contributed by atoms with van der Waals surface area (Å²) in [7, 11) is 0. The molecule has 94 valence electrons. The number of hydrogen-bond acceptors (Lipinski definition) is 2. The van der Waals surface area contributed by atoms with Gasteiger partial charge in [0.2, 0.25) is 0 Å². The van der Waals surface area contributed by atoms with Gasteiger partial charge in [0, 0.05) is 5.54 Å². The summed E-state index contributed by atoms with van der Waals surface area (Å²) < 4.78 is 5.45. The average Bonchev–Trinajstić information content (AvgIpc) is 2.29. The third-order valence-electron chi connectivity index (χ3n) is 2.77. The van der Waals surface area contributed by atoms with E-state index in [9.17, 15) is 4.79 Å². The van der Waals surface area contributed by atoms with Crippen molar-refractivity contribution in [2.24, 2.45) is 0 Å². The molecule has 0 aliphatic carbocycles. The van der Waals surface area contributed by atoms with Crippen molar-refractivity contribution < 1.29 is 9.53 Å². The van der Waals surface area contributed by atoms with Crippen LogP contribution in [0.4, 0.5) is 0 Å². The van der Waals surface area contributed by atoms with E-state index in [1.54, 1.807) is 6.07 Å². The summed E-state index contributed by atoms with van der Waals surface area (Å²) in [6.45, 7) is 8.53. The molecular formula is C14H21NO2. The molecule has 3 heteroatoms. The summed E-state index contributed by atoms with van der Waals surface area (Å²) in [6, 6.07) is 7.31. The number of para-hydroxylation sites is 1. The fourth-order valence-electron chi connectivity index (χ4n) is 1.40. The van der Waals surface area contributed by atoms with Crippen molar-refractivity contribution >= 4 is 5.91 Å². The van der Waals surface area contributed by atoms with Crippen LogP contribution >= 0.6 is 0 Å². The number of carbonyl (C=O) groups excluding carboxylic acids is 1. The topological polar surface area (TPSA) is 38.3 Å². The molecule has 0 fully saturated rings. The van der Waals surface area contributed by atoms with Gasteiger partial charge in [0.05, 0.1) is 12.2 Å². The summed E-state index contributed by atoms with van der Waals surface area (Å²) in [5.74, 6) is 0.556. The fourth-order valence-corrected chi connectivity index (χ4v) is 1.40. The fraction of sp³-hybridized carbons (Fsp3) is 0.500. The molecule has 1 aromatic carbocycles. The third kappa shape index (κ3) is 3.77. The third-order valence-corrected chi connectivity index (χ3v) is 2.77. The molecule has 0 saturated heterocycles. The minimum absolute atomic E-state index is 0.0825. The highest BCUT2D eigenvalue weighted by atomic mass is 16.5. The molecule has 1 amide bonds. The summed E-state index contributed by atoms with van der Waals surface area (Å²) >= 11 is 0. The quantitative estimate of drug-likeness (QED) is 0.852. The zero-order valence-electron chi connectivity index (χ0n) is 11.0. The molecule has 0 aliphatic heterocycles. The van der Waals surface area contributed by atoms with E-state index in [2.05, 4.69) is 12.2 Å². The van der Waals surface area contributed by atoms with Crippen LogP contribution in [0.2, 0.25) is 0 Å². The van der Waals surface area contributed by atoms with Gasteiger partial charge >= 0.3 is 0 Å². The molecule has 0 spiro atoms. The van der Waals surface area contributed by atoms with Crippen LogP contribution in [-0.2, 0) is 0 Å². The van der Waals surface area contributed by atoms with Crippen molar-refractivity contribution in [2.45, 2.75) is 39.7 Å². The molecule has 17 heavy (non-hydrogen) atoms. The van der Waals surface area contributed by atoms with Gasteiger partial charge in [-0.15, -0.1) is 0 Å². The molecular weight excluding hydrogens is 214 g/mol. The van der Waals surface area contributed by atoms with Crippen LogP contribution in [-0.4, -0.2) is 18.1 Å². The number of amides is 1. The first-order chi connectivity index (χ1) is 8.00. The molecule has 1 N–H and O–H groups in total. The average molecular weight is 235 g/mol. The van der Waals surface area contributed by atoms with E-state index >= 15 is 0 Å². The van der Waals surface area contributed by atoms with Gasteiger partial charge in [0.15, 0.2) is 0 Å². The van der Waals surface area contributed by atoms with Crippen molar-refractivity contribution in [1.82, 2.24) is 5.32 Å². The van der Waals surface area contributed by atoms with Crippen molar-refractivity contribution in [3.8, 4) is 5.75 Å². The lowest BCUT2D eigenvalue weighted by atomic mass is 10.0. The van der Waals surface area contributed by atoms with E-state index in [1.165, 1.54) is 0 Å². The van der Waals surface area contributed by atoms with Crippen molar-refractivity contribution in [2.75, 3.05) is 6.61 Å². The summed E-state index contributed by atoms with van der Waals surface area (Å²) in [5, 5.41) is 3.00. The maximum Gasteiger partial charge on any atom is 0.255 e. The SMILES string of the molecule is CCOc1ccccc1C(=O)NC(C)(C)CC. The van der Waals surface area contributed by atoms with E-state index in [4.69, 9.17) is 4.74 Å². The highest BCUT2D eigenvalue weighted by molar-refractivity contribution is 5.97.